The fourth-order valence-corrected chi connectivity index (χ4v) is 2.36. The van der Waals surface area contributed by atoms with Crippen LogP contribution in [0.15, 0.2) is 22.7 Å². The summed E-state index contributed by atoms with van der Waals surface area (Å²) in [7, 11) is 0. The first-order valence-corrected chi connectivity index (χ1v) is 8.45. The highest BCUT2D eigenvalue weighted by Crippen LogP contribution is 2.28. The van der Waals surface area contributed by atoms with Gasteiger partial charge in [-0.05, 0) is 39.3 Å². The summed E-state index contributed by atoms with van der Waals surface area (Å²) >= 11 is 3.18. The largest absolute Gasteiger partial charge is 0.455 e. The van der Waals surface area contributed by atoms with E-state index in [1.807, 2.05) is 0 Å². The number of hydrogen-bond acceptors (Lipinski definition) is 7. The molecule has 0 amide bonds. The Balaban J connectivity index is 2.68. The third-order valence-corrected chi connectivity index (χ3v) is 3.71. The van der Waals surface area contributed by atoms with E-state index >= 15 is 0 Å². The third kappa shape index (κ3) is 6.79. The lowest BCUT2D eigenvalue weighted by molar-refractivity contribution is -0.384. The minimum atomic E-state index is -0.777. The van der Waals surface area contributed by atoms with Gasteiger partial charge in [-0.2, -0.15) is 0 Å². The number of nitro benzene ring substituents is 1. The number of nitrogens with one attached hydrogen (secondary N) is 2. The fraction of sp³-hybridized carbons (Fsp3) is 0.500. The predicted molar refractivity (Wildman–Crippen MR) is 98.1 cm³/mol. The van der Waals surface area contributed by atoms with Gasteiger partial charge < -0.3 is 15.2 Å². The van der Waals surface area contributed by atoms with Crippen LogP contribution in [-0.4, -0.2) is 40.5 Å². The molecule has 1 atom stereocenters. The van der Waals surface area contributed by atoms with Gasteiger partial charge in [0.25, 0.3) is 5.69 Å². The molecule has 0 aliphatic heterocycles. The Hall–Kier alpha value is -2.00. The van der Waals surface area contributed by atoms with Gasteiger partial charge in [0.1, 0.15) is 17.0 Å². The highest BCUT2D eigenvalue weighted by atomic mass is 79.9. The van der Waals surface area contributed by atoms with Crippen LogP contribution in [0.4, 0.5) is 11.4 Å². The zero-order valence-electron chi connectivity index (χ0n) is 14.3. The molecule has 0 aliphatic carbocycles. The van der Waals surface area contributed by atoms with Crippen LogP contribution in [0.1, 0.15) is 27.2 Å². The average molecular weight is 416 g/mol. The normalized spacial score (nSPS) is 12.4. The Labute approximate surface area is 154 Å². The molecule has 1 unspecified atom stereocenters. The first kappa shape index (κ1) is 21.0. The Morgan fingerprint density at radius 3 is 2.64 bits per heavy atom. The summed E-state index contributed by atoms with van der Waals surface area (Å²) in [5.41, 5.74) is -0.796. The number of anilines is 1. The Bertz CT molecular complexity index is 658. The first-order valence-electron chi connectivity index (χ1n) is 7.65. The van der Waals surface area contributed by atoms with Crippen molar-refractivity contribution in [2.45, 2.75) is 32.8 Å². The predicted octanol–water partition coefficient (Wildman–Crippen LogP) is 3.13. The number of ether oxygens (including phenoxy) is 1. The number of halogens is 1. The van der Waals surface area contributed by atoms with E-state index in [9.17, 15) is 20.0 Å². The molecule has 0 saturated carbocycles. The van der Waals surface area contributed by atoms with Crippen LogP contribution < -0.4 is 5.32 Å². The minimum absolute atomic E-state index is 0.0860. The van der Waals surface area contributed by atoms with Crippen molar-refractivity contribution in [2.75, 3.05) is 18.5 Å². The van der Waals surface area contributed by atoms with E-state index in [0.29, 0.717) is 10.2 Å². The van der Waals surface area contributed by atoms with E-state index in [1.165, 1.54) is 6.07 Å². The number of esters is 1. The monoisotopic (exact) mass is 415 g/mol. The topological polar surface area (TPSA) is 126 Å². The molecule has 0 saturated heterocycles. The summed E-state index contributed by atoms with van der Waals surface area (Å²) in [4.78, 5) is 22.5. The van der Waals surface area contributed by atoms with Crippen molar-refractivity contribution < 1.29 is 19.6 Å². The first-order chi connectivity index (χ1) is 11.5. The van der Waals surface area contributed by atoms with Crippen LogP contribution in [0.5, 0.6) is 0 Å². The standard InChI is InChI=1S/C16H22BrN3O5/c1-16(2,3)25-15(22)14(18)10(9-21)6-7-19-12-5-4-11(17)8-13(12)20(23)24/h4-5,8,10,18-19,21H,6-7,9H2,1-3H3. The summed E-state index contributed by atoms with van der Waals surface area (Å²) in [5, 5.41) is 31.3. The van der Waals surface area contributed by atoms with Gasteiger partial charge in [-0.3, -0.25) is 15.5 Å². The highest BCUT2D eigenvalue weighted by molar-refractivity contribution is 9.10. The van der Waals surface area contributed by atoms with Crippen molar-refractivity contribution in [3.8, 4) is 0 Å². The van der Waals surface area contributed by atoms with E-state index in [2.05, 4.69) is 21.2 Å². The number of nitro groups is 1. The number of nitrogens with zero attached hydrogens (tertiary/aromatic N) is 1. The van der Waals surface area contributed by atoms with Gasteiger partial charge in [-0.25, -0.2) is 4.79 Å². The number of aliphatic hydroxyl groups excluding tert-OH is 1. The molecule has 9 heteroatoms. The Kier molecular flexibility index (Phi) is 7.50. The second-order valence-corrected chi connectivity index (χ2v) is 7.34. The lowest BCUT2D eigenvalue weighted by atomic mass is 10.00. The molecular formula is C16H22BrN3O5. The molecule has 3 N–H and O–H groups in total. The van der Waals surface area contributed by atoms with Crippen molar-refractivity contribution >= 4 is 39.0 Å². The van der Waals surface area contributed by atoms with Crippen molar-refractivity contribution in [3.05, 3.63) is 32.8 Å². The molecule has 0 heterocycles. The van der Waals surface area contributed by atoms with E-state index in [4.69, 9.17) is 10.1 Å². The van der Waals surface area contributed by atoms with Crippen LogP contribution in [-0.2, 0) is 9.53 Å². The van der Waals surface area contributed by atoms with Gasteiger partial charge in [-0.1, -0.05) is 15.9 Å². The molecule has 8 nitrogen and oxygen atoms in total. The molecule has 25 heavy (non-hydrogen) atoms. The maximum absolute atomic E-state index is 11.9. The Morgan fingerprint density at radius 2 is 2.12 bits per heavy atom. The van der Waals surface area contributed by atoms with Crippen molar-refractivity contribution in [1.82, 2.24) is 0 Å². The minimum Gasteiger partial charge on any atom is -0.455 e. The second kappa shape index (κ2) is 8.91. The van der Waals surface area contributed by atoms with Gasteiger partial charge in [-0.15, -0.1) is 0 Å². The molecule has 1 aromatic rings. The number of rotatable bonds is 8. The molecular weight excluding hydrogens is 394 g/mol. The van der Waals surface area contributed by atoms with Gasteiger partial charge in [0.15, 0.2) is 0 Å². The van der Waals surface area contributed by atoms with Gasteiger partial charge in [0.2, 0.25) is 0 Å². The van der Waals surface area contributed by atoms with Gasteiger partial charge in [0.05, 0.1) is 11.5 Å². The number of aliphatic hydroxyl groups is 1. The van der Waals surface area contributed by atoms with E-state index in [1.54, 1.807) is 32.9 Å². The van der Waals surface area contributed by atoms with E-state index < -0.39 is 22.4 Å². The summed E-state index contributed by atoms with van der Waals surface area (Å²) in [6.45, 7) is 4.95. The SMILES string of the molecule is CC(C)(C)OC(=O)C(=N)C(CO)CCNc1ccc(Br)cc1[N+](=O)[O-]. The molecule has 1 aromatic carbocycles. The molecule has 0 fully saturated rings. The van der Waals surface area contributed by atoms with Crippen LogP contribution in [0, 0.1) is 21.4 Å². The number of benzene rings is 1. The lowest BCUT2D eigenvalue weighted by Gasteiger charge is -2.22. The summed E-state index contributed by atoms with van der Waals surface area (Å²) in [6, 6.07) is 4.62. The van der Waals surface area contributed by atoms with Gasteiger partial charge >= 0.3 is 5.97 Å². The molecule has 0 bridgehead atoms. The molecule has 0 aliphatic rings. The number of hydrogen-bond donors (Lipinski definition) is 3. The van der Waals surface area contributed by atoms with Crippen molar-refractivity contribution in [1.29, 1.82) is 5.41 Å². The maximum atomic E-state index is 11.9. The maximum Gasteiger partial charge on any atom is 0.352 e. The smallest absolute Gasteiger partial charge is 0.352 e. The summed E-state index contributed by atoms with van der Waals surface area (Å²) < 4.78 is 5.71. The summed E-state index contributed by atoms with van der Waals surface area (Å²) in [6.07, 6.45) is 0.252. The molecule has 0 radical (unpaired) electrons. The van der Waals surface area contributed by atoms with Crippen molar-refractivity contribution in [3.63, 3.8) is 0 Å². The second-order valence-electron chi connectivity index (χ2n) is 6.43. The highest BCUT2D eigenvalue weighted by Gasteiger charge is 2.26. The van der Waals surface area contributed by atoms with E-state index in [0.717, 1.165) is 0 Å². The average Bonchev–Trinajstić information content (AvgIpc) is 2.50. The Morgan fingerprint density at radius 1 is 1.48 bits per heavy atom. The van der Waals surface area contributed by atoms with Crippen LogP contribution in [0.25, 0.3) is 0 Å². The van der Waals surface area contributed by atoms with Crippen LogP contribution >= 0.6 is 15.9 Å². The molecule has 0 aromatic heterocycles. The molecule has 138 valence electrons. The summed E-state index contributed by atoms with van der Waals surface area (Å²) in [5.74, 6) is -1.49. The van der Waals surface area contributed by atoms with Crippen LogP contribution in [0.2, 0.25) is 0 Å². The zero-order chi connectivity index (χ0) is 19.2. The quantitative estimate of drug-likeness (QED) is 0.259. The zero-order valence-corrected chi connectivity index (χ0v) is 15.9. The lowest BCUT2D eigenvalue weighted by Crippen LogP contribution is -2.34. The van der Waals surface area contributed by atoms with E-state index in [-0.39, 0.29) is 31.0 Å². The van der Waals surface area contributed by atoms with Crippen molar-refractivity contribution in [2.24, 2.45) is 5.92 Å². The fourth-order valence-electron chi connectivity index (χ4n) is 2.01. The molecule has 0 spiro atoms. The van der Waals surface area contributed by atoms with Crippen LogP contribution in [0.3, 0.4) is 0 Å². The number of carbonyl (C=O) groups is 1. The third-order valence-electron chi connectivity index (χ3n) is 3.21. The number of carbonyl (C=O) groups excluding carboxylic acids is 1. The molecule has 1 rings (SSSR count). The van der Waals surface area contributed by atoms with Gasteiger partial charge in [0, 0.05) is 23.0 Å².